The minimum atomic E-state index is 0.123. The van der Waals surface area contributed by atoms with Crippen LogP contribution in [0.3, 0.4) is 0 Å². The van der Waals surface area contributed by atoms with Crippen molar-refractivity contribution in [3.63, 3.8) is 0 Å². The van der Waals surface area contributed by atoms with E-state index >= 15 is 0 Å². The van der Waals surface area contributed by atoms with E-state index in [1.807, 2.05) is 27.8 Å². The van der Waals surface area contributed by atoms with E-state index in [1.165, 1.54) is 11.5 Å². The summed E-state index contributed by atoms with van der Waals surface area (Å²) in [6.45, 7) is 7.16. The Hall–Kier alpha value is -1.53. The maximum Gasteiger partial charge on any atom is 0.187 e. The SMILES string of the molecule is Cc1nnsc1CN(C)Cc1[nH]cc(C)c(=O)c1C. The fourth-order valence-corrected chi connectivity index (χ4v) is 2.65. The highest BCUT2D eigenvalue weighted by molar-refractivity contribution is 7.05. The van der Waals surface area contributed by atoms with Gasteiger partial charge in [-0.1, -0.05) is 4.49 Å². The second kappa shape index (κ2) is 5.63. The Bertz CT molecular complexity index is 632. The first kappa shape index (κ1) is 13.9. The zero-order chi connectivity index (χ0) is 14.0. The van der Waals surface area contributed by atoms with Crippen LogP contribution < -0.4 is 5.43 Å². The van der Waals surface area contributed by atoms with Gasteiger partial charge in [-0.3, -0.25) is 9.69 Å². The number of H-pyrrole nitrogens is 1. The maximum absolute atomic E-state index is 11.9. The van der Waals surface area contributed by atoms with Crippen molar-refractivity contribution < 1.29 is 0 Å². The van der Waals surface area contributed by atoms with Crippen molar-refractivity contribution in [2.45, 2.75) is 33.9 Å². The summed E-state index contributed by atoms with van der Waals surface area (Å²) in [6.07, 6.45) is 1.78. The highest BCUT2D eigenvalue weighted by Gasteiger charge is 2.10. The van der Waals surface area contributed by atoms with E-state index in [9.17, 15) is 4.79 Å². The number of aromatic amines is 1. The van der Waals surface area contributed by atoms with E-state index in [-0.39, 0.29) is 5.43 Å². The lowest BCUT2D eigenvalue weighted by atomic mass is 10.1. The van der Waals surface area contributed by atoms with Gasteiger partial charge in [-0.25, -0.2) is 0 Å². The summed E-state index contributed by atoms with van der Waals surface area (Å²) in [5.74, 6) is 0. The van der Waals surface area contributed by atoms with Gasteiger partial charge < -0.3 is 4.98 Å². The third-order valence-corrected chi connectivity index (χ3v) is 4.01. The summed E-state index contributed by atoms with van der Waals surface area (Å²) in [7, 11) is 2.02. The number of hydrogen-bond acceptors (Lipinski definition) is 5. The van der Waals surface area contributed by atoms with Crippen molar-refractivity contribution in [1.82, 2.24) is 19.5 Å². The van der Waals surface area contributed by atoms with E-state index in [1.54, 1.807) is 6.20 Å². The molecule has 5 nitrogen and oxygen atoms in total. The molecule has 2 aromatic heterocycles. The molecule has 1 N–H and O–H groups in total. The zero-order valence-electron chi connectivity index (χ0n) is 11.6. The molecule has 2 aromatic rings. The lowest BCUT2D eigenvalue weighted by Crippen LogP contribution is -2.22. The van der Waals surface area contributed by atoms with Gasteiger partial charge in [0, 0.05) is 36.1 Å². The smallest absolute Gasteiger partial charge is 0.187 e. The van der Waals surface area contributed by atoms with Crippen LogP contribution in [0.2, 0.25) is 0 Å². The molecule has 0 saturated heterocycles. The van der Waals surface area contributed by atoms with Crippen molar-refractivity contribution in [1.29, 1.82) is 0 Å². The molecule has 0 spiro atoms. The molecule has 2 heterocycles. The molecule has 0 radical (unpaired) electrons. The molecule has 6 heteroatoms. The second-order valence-electron chi connectivity index (χ2n) is 4.86. The van der Waals surface area contributed by atoms with Gasteiger partial charge in [-0.15, -0.1) is 5.10 Å². The van der Waals surface area contributed by atoms with Gasteiger partial charge in [0.05, 0.1) is 10.6 Å². The average molecular weight is 278 g/mol. The normalized spacial score (nSPS) is 11.2. The monoisotopic (exact) mass is 278 g/mol. The van der Waals surface area contributed by atoms with Crippen LogP contribution in [0, 0.1) is 20.8 Å². The van der Waals surface area contributed by atoms with E-state index in [0.717, 1.165) is 33.9 Å². The van der Waals surface area contributed by atoms with Crippen LogP contribution in [0.4, 0.5) is 0 Å². The Balaban J connectivity index is 2.11. The number of aryl methyl sites for hydroxylation is 2. The Labute approximate surface area is 116 Å². The highest BCUT2D eigenvalue weighted by Crippen LogP contribution is 2.13. The first-order chi connectivity index (χ1) is 8.99. The van der Waals surface area contributed by atoms with E-state index in [2.05, 4.69) is 19.5 Å². The molecular weight excluding hydrogens is 260 g/mol. The van der Waals surface area contributed by atoms with Crippen LogP contribution in [0.5, 0.6) is 0 Å². The summed E-state index contributed by atoms with van der Waals surface area (Å²) in [5.41, 5.74) is 3.62. The number of hydrogen-bond donors (Lipinski definition) is 1. The summed E-state index contributed by atoms with van der Waals surface area (Å²) < 4.78 is 3.93. The first-order valence-electron chi connectivity index (χ1n) is 6.13. The van der Waals surface area contributed by atoms with Crippen LogP contribution in [-0.2, 0) is 13.1 Å². The number of pyridine rings is 1. The van der Waals surface area contributed by atoms with Gasteiger partial charge in [-0.2, -0.15) is 0 Å². The van der Waals surface area contributed by atoms with Gasteiger partial charge >= 0.3 is 0 Å². The molecule has 0 aliphatic rings. The molecule has 0 fully saturated rings. The van der Waals surface area contributed by atoms with Crippen molar-refractivity contribution in [2.24, 2.45) is 0 Å². The average Bonchev–Trinajstić information content (AvgIpc) is 2.76. The van der Waals surface area contributed by atoms with Gasteiger partial charge in [-0.05, 0) is 39.4 Å². The quantitative estimate of drug-likeness (QED) is 0.926. The van der Waals surface area contributed by atoms with Crippen molar-refractivity contribution in [3.8, 4) is 0 Å². The van der Waals surface area contributed by atoms with Crippen molar-refractivity contribution in [2.75, 3.05) is 7.05 Å². The zero-order valence-corrected chi connectivity index (χ0v) is 12.5. The number of rotatable bonds is 4. The Morgan fingerprint density at radius 3 is 2.68 bits per heavy atom. The molecule has 0 aliphatic carbocycles. The van der Waals surface area contributed by atoms with Crippen LogP contribution in [0.15, 0.2) is 11.0 Å². The van der Waals surface area contributed by atoms with Crippen LogP contribution in [0.1, 0.15) is 27.4 Å². The highest BCUT2D eigenvalue weighted by atomic mass is 32.1. The van der Waals surface area contributed by atoms with E-state index < -0.39 is 0 Å². The third kappa shape index (κ3) is 3.08. The largest absolute Gasteiger partial charge is 0.363 e. The standard InChI is InChI=1S/C13H18N4OS/c1-8-5-14-11(9(2)13(8)18)6-17(4)7-12-10(3)15-16-19-12/h5H,6-7H2,1-4H3,(H,14,18). The van der Waals surface area contributed by atoms with Crippen LogP contribution >= 0.6 is 11.5 Å². The molecular formula is C13H18N4OS. The Morgan fingerprint density at radius 2 is 2.05 bits per heavy atom. The Kier molecular flexibility index (Phi) is 4.11. The predicted molar refractivity (Wildman–Crippen MR) is 76.4 cm³/mol. The number of nitrogens with one attached hydrogen (secondary N) is 1. The van der Waals surface area contributed by atoms with Crippen molar-refractivity contribution in [3.05, 3.63) is 43.8 Å². The predicted octanol–water partition coefficient (Wildman–Crippen LogP) is 1.78. The van der Waals surface area contributed by atoms with Gasteiger partial charge in [0.25, 0.3) is 0 Å². The van der Waals surface area contributed by atoms with Crippen LogP contribution in [-0.4, -0.2) is 26.5 Å². The molecule has 0 bridgehead atoms. The molecule has 0 aliphatic heterocycles. The van der Waals surface area contributed by atoms with Crippen molar-refractivity contribution >= 4 is 11.5 Å². The fraction of sp³-hybridized carbons (Fsp3) is 0.462. The molecule has 0 aromatic carbocycles. The van der Waals surface area contributed by atoms with Crippen LogP contribution in [0.25, 0.3) is 0 Å². The van der Waals surface area contributed by atoms with E-state index in [0.29, 0.717) is 6.54 Å². The molecule has 19 heavy (non-hydrogen) atoms. The molecule has 0 unspecified atom stereocenters. The molecule has 102 valence electrons. The summed E-state index contributed by atoms with van der Waals surface area (Å²) >= 11 is 1.42. The molecule has 0 amide bonds. The lowest BCUT2D eigenvalue weighted by Gasteiger charge is -2.17. The van der Waals surface area contributed by atoms with Gasteiger partial charge in [0.1, 0.15) is 0 Å². The van der Waals surface area contributed by atoms with Gasteiger partial charge in [0.2, 0.25) is 0 Å². The maximum atomic E-state index is 11.9. The van der Waals surface area contributed by atoms with Gasteiger partial charge in [0.15, 0.2) is 5.43 Å². The first-order valence-corrected chi connectivity index (χ1v) is 6.90. The third-order valence-electron chi connectivity index (χ3n) is 3.20. The molecule has 2 rings (SSSR count). The molecule has 0 saturated carbocycles. The summed E-state index contributed by atoms with van der Waals surface area (Å²) in [6, 6.07) is 0. The summed E-state index contributed by atoms with van der Waals surface area (Å²) in [5, 5.41) is 4.00. The topological polar surface area (TPSA) is 61.9 Å². The minimum Gasteiger partial charge on any atom is -0.363 e. The number of aromatic nitrogens is 3. The Morgan fingerprint density at radius 1 is 1.32 bits per heavy atom. The minimum absolute atomic E-state index is 0.123. The molecule has 0 atom stereocenters. The lowest BCUT2D eigenvalue weighted by molar-refractivity contribution is 0.316. The number of nitrogens with zero attached hydrogens (tertiary/aromatic N) is 3. The second-order valence-corrected chi connectivity index (χ2v) is 5.70. The fourth-order valence-electron chi connectivity index (χ4n) is 1.93. The van der Waals surface area contributed by atoms with E-state index in [4.69, 9.17) is 0 Å². The summed E-state index contributed by atoms with van der Waals surface area (Å²) in [4.78, 5) is 18.4.